The van der Waals surface area contributed by atoms with Crippen LogP contribution in [0.2, 0.25) is 5.02 Å². The maximum Gasteiger partial charge on any atom is 0.319 e. The highest BCUT2D eigenvalue weighted by Gasteiger charge is 2.17. The molecule has 6 nitrogen and oxygen atoms in total. The van der Waals surface area contributed by atoms with Crippen LogP contribution in [0.5, 0.6) is 0 Å². The zero-order valence-electron chi connectivity index (χ0n) is 14.0. The number of ether oxygens (including phenoxy) is 1. The van der Waals surface area contributed by atoms with Gasteiger partial charge >= 0.3 is 6.03 Å². The molecule has 1 atom stereocenters. The van der Waals surface area contributed by atoms with Gasteiger partial charge in [0.05, 0.1) is 30.0 Å². The summed E-state index contributed by atoms with van der Waals surface area (Å²) in [4.78, 5) is 18.9. The van der Waals surface area contributed by atoms with Gasteiger partial charge in [0.1, 0.15) is 5.01 Å². The fraction of sp³-hybridized carbons (Fsp3) is 0.412. The van der Waals surface area contributed by atoms with Crippen molar-refractivity contribution in [2.45, 2.75) is 19.4 Å². The highest BCUT2D eigenvalue weighted by atomic mass is 35.5. The number of urea groups is 1. The van der Waals surface area contributed by atoms with Crippen molar-refractivity contribution in [2.24, 2.45) is 0 Å². The molecule has 1 aliphatic rings. The Hall–Kier alpha value is -1.83. The van der Waals surface area contributed by atoms with Crippen LogP contribution >= 0.6 is 22.9 Å². The van der Waals surface area contributed by atoms with Crippen molar-refractivity contribution in [3.8, 4) is 0 Å². The minimum Gasteiger partial charge on any atom is -0.378 e. The number of benzene rings is 1. The van der Waals surface area contributed by atoms with Crippen LogP contribution < -0.4 is 15.5 Å². The number of nitrogens with one attached hydrogen (secondary N) is 2. The van der Waals surface area contributed by atoms with E-state index < -0.39 is 0 Å². The van der Waals surface area contributed by atoms with Crippen molar-refractivity contribution in [2.75, 3.05) is 36.5 Å². The molecule has 0 aliphatic carbocycles. The second-order valence-electron chi connectivity index (χ2n) is 5.69. The molecule has 2 N–H and O–H groups in total. The third kappa shape index (κ3) is 4.62. The van der Waals surface area contributed by atoms with Gasteiger partial charge in [0.15, 0.2) is 0 Å². The average molecular weight is 381 g/mol. The molecule has 0 unspecified atom stereocenters. The van der Waals surface area contributed by atoms with Crippen molar-refractivity contribution >= 4 is 40.3 Å². The smallest absolute Gasteiger partial charge is 0.319 e. The molecule has 1 saturated heterocycles. The SMILES string of the molecule is CC[C@@H](NC(=O)Nc1cc(N2CCOCC2)ccc1Cl)c1nccs1. The van der Waals surface area contributed by atoms with E-state index in [1.165, 1.54) is 11.3 Å². The molecule has 0 radical (unpaired) electrons. The molecule has 3 rings (SSSR count). The van der Waals surface area contributed by atoms with Crippen LogP contribution in [0.15, 0.2) is 29.8 Å². The Balaban J connectivity index is 1.67. The normalized spacial score (nSPS) is 15.7. The summed E-state index contributed by atoms with van der Waals surface area (Å²) in [7, 11) is 0. The number of hydrogen-bond donors (Lipinski definition) is 2. The van der Waals surface area contributed by atoms with Crippen molar-refractivity contribution in [1.82, 2.24) is 10.3 Å². The molecule has 0 spiro atoms. The van der Waals surface area contributed by atoms with Crippen molar-refractivity contribution in [3.63, 3.8) is 0 Å². The van der Waals surface area contributed by atoms with Gasteiger partial charge in [0, 0.05) is 30.4 Å². The molecule has 1 aliphatic heterocycles. The number of aromatic nitrogens is 1. The molecular formula is C17H21ClN4O2S. The number of halogens is 1. The summed E-state index contributed by atoms with van der Waals surface area (Å²) in [6, 6.07) is 5.27. The Labute approximate surface area is 156 Å². The fourth-order valence-electron chi connectivity index (χ4n) is 2.69. The van der Waals surface area contributed by atoms with E-state index in [-0.39, 0.29) is 12.1 Å². The van der Waals surface area contributed by atoms with Crippen molar-refractivity contribution < 1.29 is 9.53 Å². The lowest BCUT2D eigenvalue weighted by molar-refractivity contribution is 0.122. The van der Waals surface area contributed by atoms with Gasteiger partial charge in [0.25, 0.3) is 0 Å². The quantitative estimate of drug-likeness (QED) is 0.825. The molecule has 25 heavy (non-hydrogen) atoms. The molecule has 0 saturated carbocycles. The zero-order chi connectivity index (χ0) is 17.6. The van der Waals surface area contributed by atoms with Gasteiger partial charge in [0.2, 0.25) is 0 Å². The highest BCUT2D eigenvalue weighted by molar-refractivity contribution is 7.09. The minimum absolute atomic E-state index is 0.110. The van der Waals surface area contributed by atoms with Gasteiger partial charge < -0.3 is 20.3 Å². The van der Waals surface area contributed by atoms with Crippen molar-refractivity contribution in [3.05, 3.63) is 39.8 Å². The van der Waals surface area contributed by atoms with Crippen LogP contribution in [-0.4, -0.2) is 37.3 Å². The van der Waals surface area contributed by atoms with Crippen LogP contribution in [0.4, 0.5) is 16.2 Å². The molecule has 1 aromatic heterocycles. The molecule has 0 bridgehead atoms. The number of anilines is 2. The first-order valence-corrected chi connectivity index (χ1v) is 9.52. The Bertz CT molecular complexity index is 705. The fourth-order valence-corrected chi connectivity index (χ4v) is 3.63. The standard InChI is InChI=1S/C17H21ClN4O2S/c1-2-14(16-19-5-10-25-16)20-17(23)21-15-11-12(3-4-13(15)18)22-6-8-24-9-7-22/h3-5,10-11,14H,2,6-9H2,1H3,(H2,20,21,23)/t14-/m1/s1. The number of hydrogen-bond acceptors (Lipinski definition) is 5. The molecule has 2 heterocycles. The van der Waals surface area contributed by atoms with Crippen LogP contribution in [0.1, 0.15) is 24.4 Å². The summed E-state index contributed by atoms with van der Waals surface area (Å²) in [6.45, 7) is 5.08. The molecule has 8 heteroatoms. The predicted molar refractivity (Wildman–Crippen MR) is 102 cm³/mol. The molecule has 1 aromatic carbocycles. The topological polar surface area (TPSA) is 66.5 Å². The first-order valence-electron chi connectivity index (χ1n) is 8.26. The van der Waals surface area contributed by atoms with E-state index >= 15 is 0 Å². The monoisotopic (exact) mass is 380 g/mol. The van der Waals surface area contributed by atoms with Gasteiger partial charge in [-0.15, -0.1) is 11.3 Å². The second kappa shape index (κ2) is 8.51. The Morgan fingerprint density at radius 3 is 2.92 bits per heavy atom. The summed E-state index contributed by atoms with van der Waals surface area (Å²) in [5.41, 5.74) is 1.62. The lowest BCUT2D eigenvalue weighted by atomic mass is 10.2. The molecule has 2 aromatic rings. The number of thiazole rings is 1. The third-order valence-corrected chi connectivity index (χ3v) is 5.26. The van der Waals surface area contributed by atoms with Gasteiger partial charge in [-0.05, 0) is 24.6 Å². The number of morpholine rings is 1. The second-order valence-corrected chi connectivity index (χ2v) is 7.03. The Kier molecular flexibility index (Phi) is 6.12. The maximum absolute atomic E-state index is 12.4. The highest BCUT2D eigenvalue weighted by Crippen LogP contribution is 2.28. The Morgan fingerprint density at radius 2 is 2.24 bits per heavy atom. The maximum atomic E-state index is 12.4. The van der Waals surface area contributed by atoms with E-state index in [0.29, 0.717) is 23.9 Å². The summed E-state index contributed by atoms with van der Waals surface area (Å²) in [5.74, 6) is 0. The van der Waals surface area contributed by atoms with E-state index in [1.807, 2.05) is 24.4 Å². The number of carbonyl (C=O) groups is 1. The molecule has 1 fully saturated rings. The molecule has 134 valence electrons. The van der Waals surface area contributed by atoms with Gasteiger partial charge in [-0.2, -0.15) is 0 Å². The van der Waals surface area contributed by atoms with Crippen LogP contribution in [0.3, 0.4) is 0 Å². The minimum atomic E-state index is -0.289. The first-order chi connectivity index (χ1) is 12.2. The lowest BCUT2D eigenvalue weighted by Gasteiger charge is -2.29. The van der Waals surface area contributed by atoms with E-state index in [1.54, 1.807) is 12.3 Å². The van der Waals surface area contributed by atoms with Gasteiger partial charge in [-0.3, -0.25) is 0 Å². The van der Waals surface area contributed by atoms with E-state index in [0.717, 1.165) is 30.2 Å². The van der Waals surface area contributed by atoms with E-state index in [9.17, 15) is 4.79 Å². The van der Waals surface area contributed by atoms with Gasteiger partial charge in [-0.1, -0.05) is 18.5 Å². The van der Waals surface area contributed by atoms with Gasteiger partial charge in [-0.25, -0.2) is 9.78 Å². The molecule has 2 amide bonds. The number of amides is 2. The number of rotatable bonds is 5. The van der Waals surface area contributed by atoms with Crippen LogP contribution in [0, 0.1) is 0 Å². The average Bonchev–Trinajstić information content (AvgIpc) is 3.17. The lowest BCUT2D eigenvalue weighted by Crippen LogP contribution is -2.36. The summed E-state index contributed by atoms with van der Waals surface area (Å²) >= 11 is 7.78. The van der Waals surface area contributed by atoms with E-state index in [2.05, 4.69) is 20.5 Å². The van der Waals surface area contributed by atoms with Crippen molar-refractivity contribution in [1.29, 1.82) is 0 Å². The summed E-state index contributed by atoms with van der Waals surface area (Å²) < 4.78 is 5.38. The predicted octanol–water partition coefficient (Wildman–Crippen LogP) is 3.91. The summed E-state index contributed by atoms with van der Waals surface area (Å²) in [6.07, 6.45) is 2.51. The first kappa shape index (κ1) is 18.0. The third-order valence-electron chi connectivity index (χ3n) is 4.04. The summed E-state index contributed by atoms with van der Waals surface area (Å²) in [5, 5.41) is 9.11. The Morgan fingerprint density at radius 1 is 1.44 bits per heavy atom. The van der Waals surface area contributed by atoms with Crippen LogP contribution in [-0.2, 0) is 4.74 Å². The zero-order valence-corrected chi connectivity index (χ0v) is 15.6. The van der Waals surface area contributed by atoms with Crippen LogP contribution in [0.25, 0.3) is 0 Å². The number of nitrogens with zero attached hydrogens (tertiary/aromatic N) is 2. The largest absolute Gasteiger partial charge is 0.378 e. The number of carbonyl (C=O) groups excluding carboxylic acids is 1. The van der Waals surface area contributed by atoms with E-state index in [4.69, 9.17) is 16.3 Å². The molecular weight excluding hydrogens is 360 g/mol.